The van der Waals surface area contributed by atoms with Gasteiger partial charge < -0.3 is 14.8 Å². The summed E-state index contributed by atoms with van der Waals surface area (Å²) in [7, 11) is 1.94. The van der Waals surface area contributed by atoms with E-state index in [1.165, 1.54) is 0 Å². The highest BCUT2D eigenvalue weighted by Gasteiger charge is 2.18. The van der Waals surface area contributed by atoms with E-state index >= 15 is 0 Å². The number of hydrogen-bond acceptors (Lipinski definition) is 5. The molecular formula is C14H15BrN2O2S. The van der Waals surface area contributed by atoms with Crippen molar-refractivity contribution in [3.05, 3.63) is 27.0 Å². The molecule has 0 spiro atoms. The smallest absolute Gasteiger partial charge is 0.162 e. The van der Waals surface area contributed by atoms with E-state index in [2.05, 4.69) is 33.6 Å². The number of ether oxygens (including phenoxy) is 2. The normalized spacial score (nSPS) is 15.2. The van der Waals surface area contributed by atoms with Crippen molar-refractivity contribution < 1.29 is 9.47 Å². The van der Waals surface area contributed by atoms with Crippen LogP contribution in [-0.2, 0) is 0 Å². The van der Waals surface area contributed by atoms with Gasteiger partial charge in [-0.3, -0.25) is 0 Å². The van der Waals surface area contributed by atoms with Gasteiger partial charge in [0.05, 0.1) is 11.7 Å². The molecule has 0 fully saturated rings. The summed E-state index contributed by atoms with van der Waals surface area (Å²) in [6.45, 7) is 3.29. The quantitative estimate of drug-likeness (QED) is 0.913. The van der Waals surface area contributed by atoms with E-state index in [1.807, 2.05) is 19.2 Å². The molecule has 1 aromatic heterocycles. The first kappa shape index (κ1) is 13.9. The topological polar surface area (TPSA) is 43.4 Å². The molecule has 6 heteroatoms. The van der Waals surface area contributed by atoms with Crippen molar-refractivity contribution in [2.75, 3.05) is 20.3 Å². The molecule has 0 radical (unpaired) electrons. The first-order valence-corrected chi connectivity index (χ1v) is 8.08. The molecule has 4 nitrogen and oxygen atoms in total. The second-order valence-electron chi connectivity index (χ2n) is 4.56. The molecule has 0 saturated heterocycles. The lowest BCUT2D eigenvalue weighted by Crippen LogP contribution is -2.15. The van der Waals surface area contributed by atoms with Crippen LogP contribution in [0.25, 0.3) is 11.3 Å². The van der Waals surface area contributed by atoms with Gasteiger partial charge >= 0.3 is 0 Å². The van der Waals surface area contributed by atoms with Gasteiger partial charge in [0.2, 0.25) is 0 Å². The number of hydrogen-bond donors (Lipinski definition) is 1. The fraction of sp³-hybridized carbons (Fsp3) is 0.357. The minimum atomic E-state index is 0.254. The number of fused-ring (bicyclic) bond motifs is 1. The number of benzene rings is 1. The molecule has 1 N–H and O–H groups in total. The van der Waals surface area contributed by atoms with Crippen molar-refractivity contribution in [1.82, 2.24) is 10.3 Å². The molecular weight excluding hydrogens is 340 g/mol. The van der Waals surface area contributed by atoms with Gasteiger partial charge in [0, 0.05) is 15.4 Å². The van der Waals surface area contributed by atoms with Gasteiger partial charge in [-0.2, -0.15) is 0 Å². The molecule has 0 bridgehead atoms. The minimum Gasteiger partial charge on any atom is -0.486 e. The van der Waals surface area contributed by atoms with Gasteiger partial charge in [-0.05, 0) is 42.0 Å². The van der Waals surface area contributed by atoms with Crippen LogP contribution >= 0.6 is 27.3 Å². The Bertz CT molecular complexity index is 630. The minimum absolute atomic E-state index is 0.254. The highest BCUT2D eigenvalue weighted by molar-refractivity contribution is 9.10. The number of halogens is 1. The van der Waals surface area contributed by atoms with Gasteiger partial charge in [-0.25, -0.2) is 4.98 Å². The van der Waals surface area contributed by atoms with Crippen LogP contribution in [0.4, 0.5) is 0 Å². The van der Waals surface area contributed by atoms with E-state index < -0.39 is 0 Å². The van der Waals surface area contributed by atoms with Gasteiger partial charge in [-0.1, -0.05) is 0 Å². The number of aromatic nitrogens is 1. The second-order valence-corrected chi connectivity index (χ2v) is 6.30. The molecule has 1 unspecified atom stereocenters. The highest BCUT2D eigenvalue weighted by Crippen LogP contribution is 2.40. The monoisotopic (exact) mass is 354 g/mol. The van der Waals surface area contributed by atoms with Crippen LogP contribution in [0.5, 0.6) is 11.5 Å². The predicted octanol–water partition coefficient (Wildman–Crippen LogP) is 3.62. The average Bonchev–Trinajstić information content (AvgIpc) is 2.95. The lowest BCUT2D eigenvalue weighted by molar-refractivity contribution is 0.171. The van der Waals surface area contributed by atoms with Crippen LogP contribution in [0.3, 0.4) is 0 Å². The van der Waals surface area contributed by atoms with Crippen LogP contribution in [0.1, 0.15) is 18.0 Å². The maximum atomic E-state index is 5.63. The van der Waals surface area contributed by atoms with E-state index in [0.29, 0.717) is 13.2 Å². The van der Waals surface area contributed by atoms with Gasteiger partial charge in [-0.15, -0.1) is 11.3 Å². The fourth-order valence-corrected chi connectivity index (χ4v) is 3.40. The van der Waals surface area contributed by atoms with Crippen molar-refractivity contribution in [3.63, 3.8) is 0 Å². The number of rotatable bonds is 3. The van der Waals surface area contributed by atoms with Gasteiger partial charge in [0.25, 0.3) is 0 Å². The molecule has 0 amide bonds. The molecule has 2 aromatic rings. The predicted molar refractivity (Wildman–Crippen MR) is 83.7 cm³/mol. The van der Waals surface area contributed by atoms with Gasteiger partial charge in [0.15, 0.2) is 11.5 Å². The fourth-order valence-electron chi connectivity index (χ4n) is 1.99. The highest BCUT2D eigenvalue weighted by atomic mass is 79.9. The summed E-state index contributed by atoms with van der Waals surface area (Å²) in [5.41, 5.74) is 1.98. The maximum absolute atomic E-state index is 5.63. The summed E-state index contributed by atoms with van der Waals surface area (Å²) >= 11 is 5.25. The molecule has 1 aliphatic heterocycles. The van der Waals surface area contributed by atoms with Crippen LogP contribution in [0.2, 0.25) is 0 Å². The van der Waals surface area contributed by atoms with Crippen molar-refractivity contribution in [2.24, 2.45) is 0 Å². The first-order valence-electron chi connectivity index (χ1n) is 6.41. The maximum Gasteiger partial charge on any atom is 0.162 e. The van der Waals surface area contributed by atoms with E-state index in [-0.39, 0.29) is 6.04 Å². The Morgan fingerprint density at radius 3 is 2.70 bits per heavy atom. The Hall–Kier alpha value is -1.11. The molecule has 1 aliphatic rings. The zero-order valence-electron chi connectivity index (χ0n) is 11.3. The Morgan fingerprint density at radius 2 is 2.00 bits per heavy atom. The first-order chi connectivity index (χ1) is 9.69. The molecule has 0 aliphatic carbocycles. The summed E-state index contributed by atoms with van der Waals surface area (Å²) in [6.07, 6.45) is 0. The van der Waals surface area contributed by atoms with E-state index in [4.69, 9.17) is 14.5 Å². The Morgan fingerprint density at radius 1 is 1.30 bits per heavy atom. The van der Waals surface area contributed by atoms with Crippen molar-refractivity contribution in [2.45, 2.75) is 13.0 Å². The van der Waals surface area contributed by atoms with Crippen LogP contribution in [0.15, 0.2) is 22.0 Å². The summed E-state index contributed by atoms with van der Waals surface area (Å²) in [6, 6.07) is 4.19. The third-order valence-electron chi connectivity index (χ3n) is 3.23. The SMILES string of the molecule is CNC(C)c1nc(-c2cc3c(cc2Br)OCCO3)cs1. The Balaban J connectivity index is 1.99. The molecule has 106 valence electrons. The summed E-state index contributed by atoms with van der Waals surface area (Å²) in [4.78, 5) is 4.69. The summed E-state index contributed by atoms with van der Waals surface area (Å²) < 4.78 is 12.2. The lowest BCUT2D eigenvalue weighted by Gasteiger charge is -2.19. The largest absolute Gasteiger partial charge is 0.486 e. The Kier molecular flexibility index (Phi) is 3.96. The molecule has 3 rings (SSSR count). The number of thiazole rings is 1. The molecule has 20 heavy (non-hydrogen) atoms. The molecule has 1 aromatic carbocycles. The van der Waals surface area contributed by atoms with Crippen LogP contribution in [-0.4, -0.2) is 25.2 Å². The third kappa shape index (κ3) is 2.55. The van der Waals surface area contributed by atoms with Crippen molar-refractivity contribution in [1.29, 1.82) is 0 Å². The zero-order valence-corrected chi connectivity index (χ0v) is 13.7. The molecule has 2 heterocycles. The second kappa shape index (κ2) is 5.71. The van der Waals surface area contributed by atoms with E-state index in [0.717, 1.165) is 32.2 Å². The Labute approximate surface area is 130 Å². The average molecular weight is 355 g/mol. The van der Waals surface area contributed by atoms with Crippen LogP contribution in [0, 0.1) is 0 Å². The van der Waals surface area contributed by atoms with E-state index in [9.17, 15) is 0 Å². The van der Waals surface area contributed by atoms with Crippen molar-refractivity contribution >= 4 is 27.3 Å². The van der Waals surface area contributed by atoms with Crippen molar-refractivity contribution in [3.8, 4) is 22.8 Å². The zero-order chi connectivity index (χ0) is 14.1. The number of nitrogens with one attached hydrogen (secondary N) is 1. The molecule has 0 saturated carbocycles. The summed E-state index contributed by atoms with van der Waals surface area (Å²) in [5, 5.41) is 6.34. The molecule has 1 atom stereocenters. The van der Waals surface area contributed by atoms with Crippen LogP contribution < -0.4 is 14.8 Å². The summed E-state index contributed by atoms with van der Waals surface area (Å²) in [5.74, 6) is 1.57. The lowest BCUT2D eigenvalue weighted by atomic mass is 10.1. The standard InChI is InChI=1S/C14H15BrN2O2S/c1-8(16-2)14-17-11(7-20-14)9-5-12-13(6-10(9)15)19-4-3-18-12/h5-8,16H,3-4H2,1-2H3. The van der Waals surface area contributed by atoms with E-state index in [1.54, 1.807) is 11.3 Å². The number of nitrogens with zero attached hydrogens (tertiary/aromatic N) is 1. The third-order valence-corrected chi connectivity index (χ3v) is 4.92. The van der Waals surface area contributed by atoms with Gasteiger partial charge in [0.1, 0.15) is 18.2 Å².